The molecule has 0 spiro atoms. The van der Waals surface area contributed by atoms with Gasteiger partial charge in [-0.15, -0.1) is 0 Å². The van der Waals surface area contributed by atoms with Crippen molar-refractivity contribution in [1.29, 1.82) is 0 Å². The summed E-state index contributed by atoms with van der Waals surface area (Å²) in [6.45, 7) is 2.21. The van der Waals surface area contributed by atoms with E-state index in [-0.39, 0.29) is 17.7 Å². The number of hydrogen-bond acceptors (Lipinski definition) is 5. The molecule has 1 N–H and O–H groups in total. The lowest BCUT2D eigenvalue weighted by Crippen LogP contribution is -2.25. The van der Waals surface area contributed by atoms with E-state index in [1.165, 1.54) is 13.2 Å². The SMILES string of the molecule is CCOc1cc(OC)nc(N(C(=O)O)c2ccccc2)n1. The van der Waals surface area contributed by atoms with Gasteiger partial charge in [0.2, 0.25) is 17.7 Å². The number of hydrogen-bond donors (Lipinski definition) is 1. The molecule has 1 heterocycles. The van der Waals surface area contributed by atoms with Crippen molar-refractivity contribution in [2.75, 3.05) is 18.6 Å². The van der Waals surface area contributed by atoms with Gasteiger partial charge in [-0.2, -0.15) is 9.97 Å². The standard InChI is InChI=1S/C14H15N3O4/c1-3-21-12-9-11(20-2)15-13(16-12)17(14(18)19)10-7-5-4-6-8-10/h4-9H,3H2,1-2H3,(H,18,19). The van der Waals surface area contributed by atoms with Crippen LogP contribution < -0.4 is 14.4 Å². The lowest BCUT2D eigenvalue weighted by atomic mass is 10.3. The molecule has 0 atom stereocenters. The molecule has 0 fully saturated rings. The van der Waals surface area contributed by atoms with E-state index in [0.717, 1.165) is 4.90 Å². The molecular weight excluding hydrogens is 274 g/mol. The van der Waals surface area contributed by atoms with Crippen LogP contribution in [0.4, 0.5) is 16.4 Å². The molecule has 7 heteroatoms. The van der Waals surface area contributed by atoms with Gasteiger partial charge in [0.1, 0.15) is 0 Å². The highest BCUT2D eigenvalue weighted by Crippen LogP contribution is 2.26. The van der Waals surface area contributed by atoms with Crippen LogP contribution in [0.5, 0.6) is 11.8 Å². The van der Waals surface area contributed by atoms with Crippen LogP contribution in [0.1, 0.15) is 6.92 Å². The van der Waals surface area contributed by atoms with E-state index in [2.05, 4.69) is 9.97 Å². The summed E-state index contributed by atoms with van der Waals surface area (Å²) in [6, 6.07) is 10.1. The second kappa shape index (κ2) is 6.56. The van der Waals surface area contributed by atoms with Gasteiger partial charge in [0.15, 0.2) is 0 Å². The van der Waals surface area contributed by atoms with E-state index >= 15 is 0 Å². The number of nitrogens with zero attached hydrogens (tertiary/aromatic N) is 3. The minimum Gasteiger partial charge on any atom is -0.481 e. The van der Waals surface area contributed by atoms with Gasteiger partial charge >= 0.3 is 6.09 Å². The normalized spacial score (nSPS) is 10.0. The van der Waals surface area contributed by atoms with Crippen molar-refractivity contribution < 1.29 is 19.4 Å². The Morgan fingerprint density at radius 1 is 1.24 bits per heavy atom. The first-order chi connectivity index (χ1) is 10.2. The van der Waals surface area contributed by atoms with Crippen LogP contribution in [0.3, 0.4) is 0 Å². The topological polar surface area (TPSA) is 84.8 Å². The molecule has 1 aromatic heterocycles. The van der Waals surface area contributed by atoms with E-state index in [4.69, 9.17) is 9.47 Å². The Morgan fingerprint density at radius 3 is 2.48 bits per heavy atom. The van der Waals surface area contributed by atoms with Crippen LogP contribution in [-0.4, -0.2) is 34.9 Å². The maximum Gasteiger partial charge on any atom is 0.418 e. The molecule has 0 radical (unpaired) electrons. The van der Waals surface area contributed by atoms with Crippen molar-refractivity contribution in [2.24, 2.45) is 0 Å². The number of aromatic nitrogens is 2. The lowest BCUT2D eigenvalue weighted by molar-refractivity contribution is 0.204. The monoisotopic (exact) mass is 289 g/mol. The number of amides is 1. The molecule has 2 rings (SSSR count). The summed E-state index contributed by atoms with van der Waals surface area (Å²) >= 11 is 0. The average molecular weight is 289 g/mol. The van der Waals surface area contributed by atoms with Crippen LogP contribution in [0.25, 0.3) is 0 Å². The Hall–Kier alpha value is -2.83. The summed E-state index contributed by atoms with van der Waals surface area (Å²) in [5, 5.41) is 9.43. The zero-order chi connectivity index (χ0) is 15.2. The van der Waals surface area contributed by atoms with E-state index < -0.39 is 6.09 Å². The summed E-state index contributed by atoms with van der Waals surface area (Å²) in [7, 11) is 1.44. The number of methoxy groups -OCH3 is 1. The van der Waals surface area contributed by atoms with Gasteiger partial charge in [0.05, 0.1) is 25.5 Å². The van der Waals surface area contributed by atoms with E-state index in [1.54, 1.807) is 37.3 Å². The summed E-state index contributed by atoms with van der Waals surface area (Å²) in [4.78, 5) is 20.7. The molecule has 110 valence electrons. The number of para-hydroxylation sites is 1. The van der Waals surface area contributed by atoms with Gasteiger partial charge in [-0.1, -0.05) is 18.2 Å². The third-order valence-electron chi connectivity index (χ3n) is 2.57. The highest BCUT2D eigenvalue weighted by Gasteiger charge is 2.21. The molecule has 2 aromatic rings. The second-order valence-electron chi connectivity index (χ2n) is 3.94. The van der Waals surface area contributed by atoms with Gasteiger partial charge in [-0.3, -0.25) is 0 Å². The van der Waals surface area contributed by atoms with Crippen LogP contribution >= 0.6 is 0 Å². The first-order valence-electron chi connectivity index (χ1n) is 6.29. The summed E-state index contributed by atoms with van der Waals surface area (Å²) in [6.07, 6.45) is -1.20. The van der Waals surface area contributed by atoms with Crippen molar-refractivity contribution >= 4 is 17.7 Å². The first kappa shape index (κ1) is 14.6. The fourth-order valence-corrected chi connectivity index (χ4v) is 1.71. The average Bonchev–Trinajstić information content (AvgIpc) is 2.48. The van der Waals surface area contributed by atoms with Gasteiger partial charge in [0, 0.05) is 0 Å². The summed E-state index contributed by atoms with van der Waals surface area (Å²) < 4.78 is 10.4. The number of rotatable bonds is 5. The minimum absolute atomic E-state index is 0.0310. The Morgan fingerprint density at radius 2 is 1.90 bits per heavy atom. The molecule has 0 aliphatic rings. The molecule has 1 amide bonds. The molecule has 0 saturated heterocycles. The Labute approximate surface area is 121 Å². The van der Waals surface area contributed by atoms with Gasteiger partial charge in [-0.05, 0) is 19.1 Å². The first-order valence-corrected chi connectivity index (χ1v) is 6.29. The predicted molar refractivity (Wildman–Crippen MR) is 76.4 cm³/mol. The van der Waals surface area contributed by atoms with Crippen molar-refractivity contribution in [3.63, 3.8) is 0 Å². The van der Waals surface area contributed by atoms with Crippen molar-refractivity contribution in [3.8, 4) is 11.8 Å². The molecule has 0 bridgehead atoms. The molecule has 0 aliphatic heterocycles. The highest BCUT2D eigenvalue weighted by molar-refractivity contribution is 5.92. The molecule has 1 aromatic carbocycles. The zero-order valence-corrected chi connectivity index (χ0v) is 11.7. The number of ether oxygens (including phenoxy) is 2. The Bertz CT molecular complexity index is 619. The third kappa shape index (κ3) is 3.38. The molecule has 0 unspecified atom stereocenters. The lowest BCUT2D eigenvalue weighted by Gasteiger charge is -2.18. The summed E-state index contributed by atoms with van der Waals surface area (Å²) in [5.74, 6) is 0.448. The maximum atomic E-state index is 11.5. The molecule has 21 heavy (non-hydrogen) atoms. The smallest absolute Gasteiger partial charge is 0.418 e. The highest BCUT2D eigenvalue weighted by atomic mass is 16.5. The van der Waals surface area contributed by atoms with Crippen molar-refractivity contribution in [1.82, 2.24) is 9.97 Å². The quantitative estimate of drug-likeness (QED) is 0.911. The fourth-order valence-electron chi connectivity index (χ4n) is 1.71. The van der Waals surface area contributed by atoms with Gasteiger partial charge in [0.25, 0.3) is 0 Å². The molecule has 0 aliphatic carbocycles. The van der Waals surface area contributed by atoms with Gasteiger partial charge < -0.3 is 14.6 Å². The largest absolute Gasteiger partial charge is 0.481 e. The third-order valence-corrected chi connectivity index (χ3v) is 2.57. The van der Waals surface area contributed by atoms with Crippen LogP contribution in [0.15, 0.2) is 36.4 Å². The van der Waals surface area contributed by atoms with Gasteiger partial charge in [-0.25, -0.2) is 9.69 Å². The molecular formula is C14H15N3O4. The van der Waals surface area contributed by atoms with Crippen LogP contribution in [-0.2, 0) is 0 Å². The number of carbonyl (C=O) groups is 1. The number of benzene rings is 1. The van der Waals surface area contributed by atoms with Crippen LogP contribution in [0, 0.1) is 0 Å². The minimum atomic E-state index is -1.20. The van der Waals surface area contributed by atoms with E-state index in [9.17, 15) is 9.90 Å². The number of carboxylic acid groups (broad SMARTS) is 1. The van der Waals surface area contributed by atoms with E-state index in [0.29, 0.717) is 12.3 Å². The van der Waals surface area contributed by atoms with Crippen molar-refractivity contribution in [2.45, 2.75) is 6.92 Å². The second-order valence-corrected chi connectivity index (χ2v) is 3.94. The van der Waals surface area contributed by atoms with Crippen LogP contribution in [0.2, 0.25) is 0 Å². The zero-order valence-electron chi connectivity index (χ0n) is 11.7. The maximum absolute atomic E-state index is 11.5. The fraction of sp³-hybridized carbons (Fsp3) is 0.214. The predicted octanol–water partition coefficient (Wildman–Crippen LogP) is 2.70. The van der Waals surface area contributed by atoms with E-state index in [1.807, 2.05) is 0 Å². The Kier molecular flexibility index (Phi) is 4.55. The summed E-state index contributed by atoms with van der Waals surface area (Å²) in [5.41, 5.74) is 0.431. The van der Waals surface area contributed by atoms with Crippen molar-refractivity contribution in [3.05, 3.63) is 36.4 Å². The molecule has 7 nitrogen and oxygen atoms in total. The number of anilines is 2. The molecule has 0 saturated carbocycles. The Balaban J connectivity index is 2.50.